The van der Waals surface area contributed by atoms with E-state index in [4.69, 9.17) is 9.57 Å². The molecule has 1 aromatic heterocycles. The van der Waals surface area contributed by atoms with E-state index in [2.05, 4.69) is 15.6 Å². The molecule has 2 aromatic rings. The molecule has 1 amide bonds. The number of Topliss-reactive ketones (excluding diaryl/α,β-unsaturated/α-hetero) is 1. The van der Waals surface area contributed by atoms with Gasteiger partial charge < -0.3 is 9.57 Å². The molecule has 9 heteroatoms. The number of carbonyl (C=O) groups is 3. The summed E-state index contributed by atoms with van der Waals surface area (Å²) in [4.78, 5) is 42.6. The molecule has 3 rings (SSSR count). The topological polar surface area (TPSA) is 112 Å². The Hall–Kier alpha value is -3.49. The summed E-state index contributed by atoms with van der Waals surface area (Å²) < 4.78 is 5.19. The molecule has 1 aliphatic rings. The summed E-state index contributed by atoms with van der Waals surface area (Å²) >= 11 is 0. The number of anilines is 1. The second-order valence-electron chi connectivity index (χ2n) is 6.78. The Labute approximate surface area is 154 Å². The fourth-order valence-corrected chi connectivity index (χ4v) is 2.39. The third-order valence-electron chi connectivity index (χ3n) is 3.46. The van der Waals surface area contributed by atoms with E-state index < -0.39 is 17.7 Å². The van der Waals surface area contributed by atoms with E-state index in [0.29, 0.717) is 5.69 Å². The molecule has 0 spiro atoms. The number of fused-ring (bicyclic) bond motifs is 1. The van der Waals surface area contributed by atoms with Gasteiger partial charge in [0.1, 0.15) is 11.3 Å². The third-order valence-corrected chi connectivity index (χ3v) is 3.46. The van der Waals surface area contributed by atoms with Gasteiger partial charge in [-0.3, -0.25) is 10.1 Å². The molecule has 140 valence electrons. The van der Waals surface area contributed by atoms with Gasteiger partial charge in [-0.05, 0) is 44.2 Å². The molecular weight excluding hydrogens is 352 g/mol. The Bertz CT molecular complexity index is 939. The minimum absolute atomic E-state index is 0.0754. The molecule has 0 fully saturated rings. The molecule has 1 heterocycles. The molecule has 0 saturated carbocycles. The molecule has 9 nitrogen and oxygen atoms in total. The highest BCUT2D eigenvalue weighted by Crippen LogP contribution is 2.19. The van der Waals surface area contributed by atoms with Gasteiger partial charge in [0.25, 0.3) is 0 Å². The molecular formula is C18H18N4O5. The minimum Gasteiger partial charge on any atom is -0.444 e. The van der Waals surface area contributed by atoms with Crippen LogP contribution in [0.5, 0.6) is 0 Å². The van der Waals surface area contributed by atoms with Crippen LogP contribution in [0.2, 0.25) is 0 Å². The summed E-state index contributed by atoms with van der Waals surface area (Å²) in [6, 6.07) is 6.27. The fourth-order valence-electron chi connectivity index (χ4n) is 2.39. The summed E-state index contributed by atoms with van der Waals surface area (Å²) in [6.07, 6.45) is 2.76. The number of aromatic nitrogens is 3. The lowest BCUT2D eigenvalue weighted by Crippen LogP contribution is -2.29. The number of hydrogen-bond acceptors (Lipinski definition) is 7. The van der Waals surface area contributed by atoms with Gasteiger partial charge in [0.05, 0.1) is 11.3 Å². The average molecular weight is 370 g/mol. The Morgan fingerprint density at radius 1 is 1.22 bits per heavy atom. The van der Waals surface area contributed by atoms with E-state index in [0.717, 1.165) is 4.85 Å². The average Bonchev–Trinajstić information content (AvgIpc) is 2.98. The van der Waals surface area contributed by atoms with Crippen molar-refractivity contribution < 1.29 is 24.0 Å². The predicted molar refractivity (Wildman–Crippen MR) is 95.2 cm³/mol. The van der Waals surface area contributed by atoms with Crippen molar-refractivity contribution in [3.8, 4) is 0 Å². The lowest BCUT2D eigenvalue weighted by Gasteiger charge is -2.20. The van der Waals surface area contributed by atoms with E-state index in [1.807, 2.05) is 0 Å². The number of nitrogens with one attached hydrogen (secondary N) is 1. The predicted octanol–water partition coefficient (Wildman–Crippen LogP) is 2.49. The van der Waals surface area contributed by atoms with E-state index in [9.17, 15) is 14.4 Å². The van der Waals surface area contributed by atoms with Crippen LogP contribution in [0.15, 0.2) is 30.3 Å². The highest BCUT2D eigenvalue weighted by molar-refractivity contribution is 6.02. The number of nitrogens with zero attached hydrogens (tertiary/aromatic N) is 3. The summed E-state index contributed by atoms with van der Waals surface area (Å²) in [7, 11) is 0. The lowest BCUT2D eigenvalue weighted by atomic mass is 10.1. The van der Waals surface area contributed by atoms with Crippen LogP contribution in [0, 0.1) is 0 Å². The number of allylic oxidation sites excluding steroid dienone is 1. The zero-order valence-electron chi connectivity index (χ0n) is 15.1. The Balaban J connectivity index is 1.80. The maximum atomic E-state index is 12.6. The highest BCUT2D eigenvalue weighted by atomic mass is 16.7. The highest BCUT2D eigenvalue weighted by Gasteiger charge is 2.25. The van der Waals surface area contributed by atoms with Crippen molar-refractivity contribution in [2.24, 2.45) is 0 Å². The van der Waals surface area contributed by atoms with Gasteiger partial charge in [0.15, 0.2) is 11.5 Å². The van der Waals surface area contributed by atoms with Gasteiger partial charge >= 0.3 is 12.1 Å². The number of rotatable bonds is 3. The standard InChI is InChI=1S/C18H18N4O5/c1-18(2,3)26-17(25)19-12-8-5-4-7-11(12)16(24)27-22-15-13(20-21-22)9-6-10-14(15)23/h4-9H,10H2,1-3H3,(H,19,25). The Morgan fingerprint density at radius 2 is 1.96 bits per heavy atom. The molecule has 0 bridgehead atoms. The van der Waals surface area contributed by atoms with Crippen LogP contribution < -0.4 is 10.2 Å². The molecule has 1 N–H and O–H groups in total. The molecule has 0 unspecified atom stereocenters. The van der Waals surface area contributed by atoms with Crippen molar-refractivity contribution >= 4 is 29.6 Å². The van der Waals surface area contributed by atoms with Crippen molar-refractivity contribution in [3.63, 3.8) is 0 Å². The van der Waals surface area contributed by atoms with Crippen LogP contribution in [0.3, 0.4) is 0 Å². The summed E-state index contributed by atoms with van der Waals surface area (Å²) in [5, 5.41) is 10.0. The molecule has 1 aromatic carbocycles. The normalized spacial score (nSPS) is 13.1. The Morgan fingerprint density at radius 3 is 2.70 bits per heavy atom. The second kappa shape index (κ2) is 7.02. The lowest BCUT2D eigenvalue weighted by molar-refractivity contribution is 0.0367. The van der Waals surface area contributed by atoms with Crippen molar-refractivity contribution in [2.75, 3.05) is 5.32 Å². The summed E-state index contributed by atoms with van der Waals surface area (Å²) in [5.41, 5.74) is 0.0266. The van der Waals surface area contributed by atoms with E-state index >= 15 is 0 Å². The number of carbonyl (C=O) groups excluding carboxylic acids is 3. The zero-order chi connectivity index (χ0) is 19.6. The van der Waals surface area contributed by atoms with Crippen molar-refractivity contribution in [1.82, 2.24) is 15.2 Å². The number of ketones is 1. The van der Waals surface area contributed by atoms with Gasteiger partial charge in [-0.2, -0.15) is 0 Å². The summed E-state index contributed by atoms with van der Waals surface area (Å²) in [5.74, 6) is -1.07. The SMILES string of the molecule is CC(C)(C)OC(=O)Nc1ccccc1C(=O)On1nnc2c1C(=O)CC=C2. The number of ether oxygens (including phenoxy) is 1. The van der Waals surface area contributed by atoms with E-state index in [1.165, 1.54) is 12.1 Å². The first-order valence-corrected chi connectivity index (χ1v) is 8.22. The van der Waals surface area contributed by atoms with Crippen LogP contribution in [0.4, 0.5) is 10.5 Å². The van der Waals surface area contributed by atoms with Gasteiger partial charge in [-0.1, -0.05) is 23.1 Å². The summed E-state index contributed by atoms with van der Waals surface area (Å²) in [6.45, 7) is 5.18. The molecule has 27 heavy (non-hydrogen) atoms. The maximum Gasteiger partial charge on any atom is 0.412 e. The number of hydrogen-bond donors (Lipinski definition) is 1. The number of para-hydroxylation sites is 1. The van der Waals surface area contributed by atoms with E-state index in [-0.39, 0.29) is 29.1 Å². The first kappa shape index (κ1) is 18.3. The van der Waals surface area contributed by atoms with Crippen LogP contribution in [0.1, 0.15) is 53.7 Å². The van der Waals surface area contributed by atoms with Gasteiger partial charge in [0, 0.05) is 6.42 Å². The number of amides is 1. The second-order valence-corrected chi connectivity index (χ2v) is 6.78. The van der Waals surface area contributed by atoms with Crippen molar-refractivity contribution in [3.05, 3.63) is 47.3 Å². The van der Waals surface area contributed by atoms with Crippen LogP contribution in [-0.4, -0.2) is 38.6 Å². The van der Waals surface area contributed by atoms with Crippen LogP contribution >= 0.6 is 0 Å². The van der Waals surface area contributed by atoms with Gasteiger partial charge in [0.2, 0.25) is 0 Å². The van der Waals surface area contributed by atoms with Gasteiger partial charge in [-0.25, -0.2) is 9.59 Å². The minimum atomic E-state index is -0.809. The molecule has 0 aliphatic heterocycles. The van der Waals surface area contributed by atoms with Crippen molar-refractivity contribution in [1.29, 1.82) is 0 Å². The molecule has 0 atom stereocenters. The van der Waals surface area contributed by atoms with E-state index in [1.54, 1.807) is 45.1 Å². The third kappa shape index (κ3) is 4.20. The monoisotopic (exact) mass is 370 g/mol. The number of benzene rings is 1. The molecule has 0 radical (unpaired) electrons. The first-order valence-electron chi connectivity index (χ1n) is 8.22. The fraction of sp³-hybridized carbons (Fsp3) is 0.278. The van der Waals surface area contributed by atoms with Crippen LogP contribution in [-0.2, 0) is 4.74 Å². The van der Waals surface area contributed by atoms with Crippen LogP contribution in [0.25, 0.3) is 6.08 Å². The van der Waals surface area contributed by atoms with Crippen molar-refractivity contribution in [2.45, 2.75) is 32.8 Å². The zero-order valence-corrected chi connectivity index (χ0v) is 15.1. The first-order chi connectivity index (χ1) is 12.7. The quantitative estimate of drug-likeness (QED) is 0.826. The van der Waals surface area contributed by atoms with Gasteiger partial charge in [-0.15, -0.1) is 5.10 Å². The smallest absolute Gasteiger partial charge is 0.412 e. The molecule has 0 saturated heterocycles. The maximum absolute atomic E-state index is 12.6. The molecule has 1 aliphatic carbocycles. The largest absolute Gasteiger partial charge is 0.444 e. The Kier molecular flexibility index (Phi) is 4.76.